The molecule has 0 amide bonds. The van der Waals surface area contributed by atoms with Gasteiger partial charge in [0.15, 0.2) is 0 Å². The molecule has 0 atom stereocenters. The molecule has 0 saturated carbocycles. The zero-order valence-electron chi connectivity index (χ0n) is 12.3. The van der Waals surface area contributed by atoms with Crippen LogP contribution < -0.4 is 15.4 Å². The molecule has 4 heteroatoms. The monoisotopic (exact) mass is 288 g/mol. The van der Waals surface area contributed by atoms with Crippen LogP contribution in [0.1, 0.15) is 5.56 Å². The van der Waals surface area contributed by atoms with Crippen molar-refractivity contribution in [3.05, 3.63) is 59.9 Å². The lowest BCUT2D eigenvalue weighted by Crippen LogP contribution is -2.23. The number of benzene rings is 2. The molecule has 0 bridgehead atoms. The van der Waals surface area contributed by atoms with Crippen LogP contribution in [0.25, 0.3) is 0 Å². The smallest absolute Gasteiger partial charge is 0.125 e. The Hall–Kier alpha value is -2.07. The summed E-state index contributed by atoms with van der Waals surface area (Å²) in [6, 6.07) is 14.5. The quantitative estimate of drug-likeness (QED) is 0.851. The van der Waals surface area contributed by atoms with Crippen molar-refractivity contribution in [3.8, 4) is 5.75 Å². The Morgan fingerprint density at radius 1 is 1.14 bits per heavy atom. The molecule has 0 saturated heterocycles. The van der Waals surface area contributed by atoms with E-state index in [0.29, 0.717) is 19.7 Å². The Morgan fingerprint density at radius 3 is 2.57 bits per heavy atom. The molecule has 0 fully saturated rings. The van der Waals surface area contributed by atoms with E-state index in [1.807, 2.05) is 42.3 Å². The lowest BCUT2D eigenvalue weighted by molar-refractivity contribution is 0.326. The molecule has 21 heavy (non-hydrogen) atoms. The molecular weight excluding hydrogens is 267 g/mol. The molecule has 0 aliphatic heterocycles. The van der Waals surface area contributed by atoms with Crippen LogP contribution >= 0.6 is 0 Å². The van der Waals surface area contributed by atoms with E-state index in [9.17, 15) is 4.39 Å². The molecule has 0 aliphatic carbocycles. The normalized spacial score (nSPS) is 10.4. The Kier molecular flexibility index (Phi) is 5.58. The van der Waals surface area contributed by atoms with Gasteiger partial charge in [-0.25, -0.2) is 4.39 Å². The minimum atomic E-state index is -0.226. The van der Waals surface area contributed by atoms with Gasteiger partial charge in [0, 0.05) is 12.7 Å². The van der Waals surface area contributed by atoms with Crippen LogP contribution in [0.15, 0.2) is 48.5 Å². The number of nitrogens with zero attached hydrogens (tertiary/aromatic N) is 1. The molecule has 0 spiro atoms. The molecule has 0 aromatic heterocycles. The molecule has 2 aromatic rings. The number of hydrogen-bond donors (Lipinski definition) is 1. The summed E-state index contributed by atoms with van der Waals surface area (Å²) in [4.78, 5) is 1.96. The van der Waals surface area contributed by atoms with E-state index in [2.05, 4.69) is 0 Å². The number of likely N-dealkylation sites (N-methyl/N-ethyl adjacent to an activating group) is 1. The van der Waals surface area contributed by atoms with Crippen LogP contribution in [0.4, 0.5) is 10.1 Å². The molecule has 3 nitrogen and oxygen atoms in total. The first kappa shape index (κ1) is 15.3. The zero-order chi connectivity index (χ0) is 15.1. The molecule has 2 N–H and O–H groups in total. The van der Waals surface area contributed by atoms with Crippen LogP contribution in [0.3, 0.4) is 0 Å². The summed E-state index contributed by atoms with van der Waals surface area (Å²) in [6.07, 6.45) is 0.878. The first-order chi connectivity index (χ1) is 10.2. The second-order valence-electron chi connectivity index (χ2n) is 4.93. The van der Waals surface area contributed by atoms with E-state index in [0.717, 1.165) is 17.9 Å². The van der Waals surface area contributed by atoms with Gasteiger partial charge >= 0.3 is 0 Å². The van der Waals surface area contributed by atoms with Gasteiger partial charge in [0.2, 0.25) is 0 Å². The van der Waals surface area contributed by atoms with Crippen molar-refractivity contribution in [2.75, 3.05) is 31.6 Å². The predicted molar refractivity (Wildman–Crippen MR) is 84.4 cm³/mol. The van der Waals surface area contributed by atoms with Crippen molar-refractivity contribution in [1.82, 2.24) is 0 Å². The van der Waals surface area contributed by atoms with Crippen molar-refractivity contribution in [3.63, 3.8) is 0 Å². The van der Waals surface area contributed by atoms with Crippen molar-refractivity contribution < 1.29 is 9.13 Å². The second-order valence-corrected chi connectivity index (χ2v) is 4.93. The number of nitrogens with two attached hydrogens (primary N) is 1. The van der Waals surface area contributed by atoms with Gasteiger partial charge in [-0.2, -0.15) is 0 Å². The van der Waals surface area contributed by atoms with Crippen LogP contribution in [-0.4, -0.2) is 26.7 Å². The summed E-state index contributed by atoms with van der Waals surface area (Å²) in [5.74, 6) is 0.610. The fraction of sp³-hybridized carbons (Fsp3) is 0.294. The molecule has 112 valence electrons. The van der Waals surface area contributed by atoms with Gasteiger partial charge in [0.25, 0.3) is 0 Å². The third kappa shape index (κ3) is 4.76. The van der Waals surface area contributed by atoms with Crippen LogP contribution in [0.5, 0.6) is 5.75 Å². The maximum absolute atomic E-state index is 13.1. The average Bonchev–Trinajstić information content (AvgIpc) is 2.49. The molecule has 0 unspecified atom stereocenters. The van der Waals surface area contributed by atoms with Crippen molar-refractivity contribution in [1.29, 1.82) is 0 Å². The Balaban J connectivity index is 1.81. The first-order valence-electron chi connectivity index (χ1n) is 7.07. The Labute approximate surface area is 125 Å². The first-order valence-corrected chi connectivity index (χ1v) is 7.07. The van der Waals surface area contributed by atoms with E-state index in [4.69, 9.17) is 10.5 Å². The SMILES string of the molecule is CN(CCOc1ccc(CCN)cc1)c1cccc(F)c1. The number of ether oxygens (including phenoxy) is 1. The predicted octanol–water partition coefficient (Wildman–Crippen LogP) is 2.84. The fourth-order valence-electron chi connectivity index (χ4n) is 2.06. The minimum Gasteiger partial charge on any atom is -0.492 e. The maximum Gasteiger partial charge on any atom is 0.125 e. The van der Waals surface area contributed by atoms with Gasteiger partial charge < -0.3 is 15.4 Å². The number of anilines is 1. The highest BCUT2D eigenvalue weighted by Crippen LogP contribution is 2.15. The maximum atomic E-state index is 13.1. The van der Waals surface area contributed by atoms with Gasteiger partial charge in [-0.15, -0.1) is 0 Å². The zero-order valence-corrected chi connectivity index (χ0v) is 12.3. The van der Waals surface area contributed by atoms with Gasteiger partial charge in [-0.1, -0.05) is 18.2 Å². The van der Waals surface area contributed by atoms with Gasteiger partial charge in [0.05, 0.1) is 6.54 Å². The minimum absolute atomic E-state index is 0.226. The highest BCUT2D eigenvalue weighted by molar-refractivity contribution is 5.45. The van der Waals surface area contributed by atoms with Crippen molar-refractivity contribution >= 4 is 5.69 Å². The molecule has 0 aliphatic rings. The van der Waals surface area contributed by atoms with E-state index in [1.165, 1.54) is 17.7 Å². The van der Waals surface area contributed by atoms with E-state index in [-0.39, 0.29) is 5.82 Å². The standard InChI is InChI=1S/C17H21FN2O/c1-20(16-4-2-3-15(18)13-16)11-12-21-17-7-5-14(6-8-17)9-10-19/h2-8,13H,9-12,19H2,1H3. The molecule has 2 aromatic carbocycles. The summed E-state index contributed by atoms with van der Waals surface area (Å²) in [7, 11) is 1.92. The highest BCUT2D eigenvalue weighted by Gasteiger charge is 2.02. The summed E-state index contributed by atoms with van der Waals surface area (Å²) in [5.41, 5.74) is 7.57. The largest absolute Gasteiger partial charge is 0.492 e. The third-order valence-electron chi connectivity index (χ3n) is 3.30. The van der Waals surface area contributed by atoms with E-state index in [1.54, 1.807) is 6.07 Å². The lowest BCUT2D eigenvalue weighted by Gasteiger charge is -2.19. The van der Waals surface area contributed by atoms with E-state index < -0.39 is 0 Å². The van der Waals surface area contributed by atoms with Gasteiger partial charge in [-0.05, 0) is 48.9 Å². The fourth-order valence-corrected chi connectivity index (χ4v) is 2.06. The van der Waals surface area contributed by atoms with Gasteiger partial charge in [-0.3, -0.25) is 0 Å². The van der Waals surface area contributed by atoms with Crippen LogP contribution in [-0.2, 0) is 6.42 Å². The van der Waals surface area contributed by atoms with E-state index >= 15 is 0 Å². The molecular formula is C17H21FN2O. The number of halogens is 1. The Bertz CT molecular complexity index is 557. The van der Waals surface area contributed by atoms with Gasteiger partial charge in [0.1, 0.15) is 18.2 Å². The molecule has 0 heterocycles. The number of hydrogen-bond acceptors (Lipinski definition) is 3. The topological polar surface area (TPSA) is 38.5 Å². The third-order valence-corrected chi connectivity index (χ3v) is 3.30. The highest BCUT2D eigenvalue weighted by atomic mass is 19.1. The second kappa shape index (κ2) is 7.64. The Morgan fingerprint density at radius 2 is 1.90 bits per heavy atom. The van der Waals surface area contributed by atoms with Crippen LogP contribution in [0, 0.1) is 5.82 Å². The summed E-state index contributed by atoms with van der Waals surface area (Å²) < 4.78 is 18.8. The average molecular weight is 288 g/mol. The molecule has 2 rings (SSSR count). The summed E-state index contributed by atoms with van der Waals surface area (Å²) in [5, 5.41) is 0. The lowest BCUT2D eigenvalue weighted by atomic mass is 10.1. The summed E-state index contributed by atoms with van der Waals surface area (Å²) >= 11 is 0. The van der Waals surface area contributed by atoms with Crippen molar-refractivity contribution in [2.45, 2.75) is 6.42 Å². The molecule has 0 radical (unpaired) electrons. The van der Waals surface area contributed by atoms with Crippen molar-refractivity contribution in [2.24, 2.45) is 5.73 Å². The summed E-state index contributed by atoms with van der Waals surface area (Å²) in [6.45, 7) is 1.88. The van der Waals surface area contributed by atoms with Crippen LogP contribution in [0.2, 0.25) is 0 Å². The number of rotatable bonds is 7.